The van der Waals surface area contributed by atoms with Crippen molar-refractivity contribution in [3.8, 4) is 0 Å². The van der Waals surface area contributed by atoms with Crippen LogP contribution in [0.4, 0.5) is 0 Å². The molecule has 0 spiro atoms. The van der Waals surface area contributed by atoms with Crippen LogP contribution in [0, 0.1) is 0 Å². The van der Waals surface area contributed by atoms with E-state index in [1.807, 2.05) is 30.2 Å². The Morgan fingerprint density at radius 2 is 1.93 bits per heavy atom. The Morgan fingerprint density at radius 1 is 1.19 bits per heavy atom. The molecule has 2 fully saturated rings. The largest absolute Gasteiger partial charge is 0.361 e. The van der Waals surface area contributed by atoms with Crippen molar-refractivity contribution < 1.29 is 9.59 Å². The molecule has 0 bridgehead atoms. The zero-order chi connectivity index (χ0) is 18.8. The molecule has 1 aliphatic heterocycles. The topological polar surface area (TPSA) is 68.4 Å². The maximum absolute atomic E-state index is 12.6. The number of nitrogens with one attached hydrogen (secondary N) is 2. The molecule has 0 radical (unpaired) electrons. The van der Waals surface area contributed by atoms with Crippen molar-refractivity contribution in [2.45, 2.75) is 44.7 Å². The number of carbonyl (C=O) groups excluding carboxylic acids is 2. The number of hydrogen-bond donors (Lipinski definition) is 2. The van der Waals surface area contributed by atoms with Crippen LogP contribution < -0.4 is 5.32 Å². The number of aryl methyl sites for hydroxylation is 1. The lowest BCUT2D eigenvalue weighted by molar-refractivity contribution is -0.134. The predicted octanol–water partition coefficient (Wildman–Crippen LogP) is 1.91. The Hall–Kier alpha value is -2.34. The van der Waals surface area contributed by atoms with Crippen LogP contribution in [0.3, 0.4) is 0 Å². The lowest BCUT2D eigenvalue weighted by atomic mass is 10.1. The Kier molecular flexibility index (Phi) is 5.16. The Morgan fingerprint density at radius 3 is 2.67 bits per heavy atom. The van der Waals surface area contributed by atoms with Gasteiger partial charge in [-0.2, -0.15) is 0 Å². The minimum atomic E-state index is -0.117. The number of carbonyl (C=O) groups is 2. The summed E-state index contributed by atoms with van der Waals surface area (Å²) in [6.07, 6.45) is 5.51. The molecule has 1 saturated carbocycles. The van der Waals surface area contributed by atoms with E-state index in [0.717, 1.165) is 37.9 Å². The van der Waals surface area contributed by atoms with Crippen molar-refractivity contribution in [2.24, 2.45) is 0 Å². The van der Waals surface area contributed by atoms with Crippen molar-refractivity contribution in [1.29, 1.82) is 0 Å². The number of amides is 2. The first-order valence-electron chi connectivity index (χ1n) is 9.99. The predicted molar refractivity (Wildman–Crippen MR) is 105 cm³/mol. The molecule has 1 aromatic carbocycles. The average molecular weight is 368 g/mol. The molecule has 1 unspecified atom stereocenters. The number of H-pyrrole nitrogens is 1. The van der Waals surface area contributed by atoms with Gasteiger partial charge in [0.2, 0.25) is 11.8 Å². The van der Waals surface area contributed by atoms with Gasteiger partial charge in [0.1, 0.15) is 0 Å². The zero-order valence-electron chi connectivity index (χ0n) is 15.9. The van der Waals surface area contributed by atoms with Crippen molar-refractivity contribution in [3.05, 3.63) is 36.0 Å². The van der Waals surface area contributed by atoms with Gasteiger partial charge in [-0.05, 0) is 37.8 Å². The smallest absolute Gasteiger partial charge is 0.237 e. The van der Waals surface area contributed by atoms with Crippen molar-refractivity contribution in [1.82, 2.24) is 20.1 Å². The van der Waals surface area contributed by atoms with Gasteiger partial charge >= 0.3 is 0 Å². The molecule has 1 atom stereocenters. The molecular weight excluding hydrogens is 340 g/mol. The lowest BCUT2D eigenvalue weighted by Crippen LogP contribution is -2.55. The highest BCUT2D eigenvalue weighted by molar-refractivity contribution is 5.84. The van der Waals surface area contributed by atoms with E-state index in [0.29, 0.717) is 25.6 Å². The maximum atomic E-state index is 12.6. The number of para-hydroxylation sites is 1. The van der Waals surface area contributed by atoms with E-state index in [4.69, 9.17) is 0 Å². The minimum absolute atomic E-state index is 0.117. The highest BCUT2D eigenvalue weighted by Gasteiger charge is 2.30. The van der Waals surface area contributed by atoms with E-state index in [1.54, 1.807) is 0 Å². The normalized spacial score (nSPS) is 19.2. The van der Waals surface area contributed by atoms with Crippen LogP contribution in [-0.4, -0.2) is 64.9 Å². The first-order chi connectivity index (χ1) is 13.1. The van der Waals surface area contributed by atoms with Gasteiger partial charge in [-0.3, -0.25) is 14.5 Å². The Bertz CT molecular complexity index is 818. The SMILES string of the molecule is CC(C(=O)NC1CC1)N1CCN(C(=O)CCc2c[nH]c3ccccc23)CC1. The third-order valence-corrected chi connectivity index (χ3v) is 5.80. The van der Waals surface area contributed by atoms with Crippen LogP contribution in [-0.2, 0) is 16.0 Å². The number of piperazine rings is 1. The summed E-state index contributed by atoms with van der Waals surface area (Å²) in [6, 6.07) is 8.47. The summed E-state index contributed by atoms with van der Waals surface area (Å²) in [4.78, 5) is 32.2. The van der Waals surface area contributed by atoms with Gasteiger partial charge in [0.15, 0.2) is 0 Å². The molecule has 144 valence electrons. The van der Waals surface area contributed by atoms with Gasteiger partial charge in [0, 0.05) is 55.7 Å². The van der Waals surface area contributed by atoms with E-state index in [9.17, 15) is 9.59 Å². The molecular formula is C21H28N4O2. The third kappa shape index (κ3) is 4.16. The first-order valence-corrected chi connectivity index (χ1v) is 9.99. The second kappa shape index (κ2) is 7.72. The maximum Gasteiger partial charge on any atom is 0.237 e. The molecule has 2 heterocycles. The molecule has 2 amide bonds. The van der Waals surface area contributed by atoms with Gasteiger partial charge in [0.05, 0.1) is 6.04 Å². The van der Waals surface area contributed by atoms with Crippen LogP contribution in [0.15, 0.2) is 30.5 Å². The highest BCUT2D eigenvalue weighted by atomic mass is 16.2. The molecule has 1 aliphatic carbocycles. The monoisotopic (exact) mass is 368 g/mol. The van der Waals surface area contributed by atoms with Crippen LogP contribution in [0.1, 0.15) is 31.7 Å². The summed E-state index contributed by atoms with van der Waals surface area (Å²) < 4.78 is 0. The zero-order valence-corrected chi connectivity index (χ0v) is 15.9. The van der Waals surface area contributed by atoms with Crippen molar-refractivity contribution in [2.75, 3.05) is 26.2 Å². The van der Waals surface area contributed by atoms with Gasteiger partial charge in [-0.15, -0.1) is 0 Å². The second-order valence-corrected chi connectivity index (χ2v) is 7.74. The summed E-state index contributed by atoms with van der Waals surface area (Å²) in [5.74, 6) is 0.326. The summed E-state index contributed by atoms with van der Waals surface area (Å²) in [5.41, 5.74) is 2.31. The fourth-order valence-electron chi connectivity index (χ4n) is 3.81. The molecule has 2 aromatic rings. The lowest BCUT2D eigenvalue weighted by Gasteiger charge is -2.37. The summed E-state index contributed by atoms with van der Waals surface area (Å²) >= 11 is 0. The number of rotatable bonds is 6. The van der Waals surface area contributed by atoms with Gasteiger partial charge < -0.3 is 15.2 Å². The quantitative estimate of drug-likeness (QED) is 0.818. The summed E-state index contributed by atoms with van der Waals surface area (Å²) in [7, 11) is 0. The number of hydrogen-bond acceptors (Lipinski definition) is 3. The Balaban J connectivity index is 1.25. The van der Waals surface area contributed by atoms with Gasteiger partial charge in [0.25, 0.3) is 0 Å². The molecule has 6 nitrogen and oxygen atoms in total. The number of aromatic nitrogens is 1. The second-order valence-electron chi connectivity index (χ2n) is 7.74. The summed E-state index contributed by atoms with van der Waals surface area (Å²) in [5, 5.41) is 4.27. The van der Waals surface area contributed by atoms with E-state index in [2.05, 4.69) is 27.3 Å². The van der Waals surface area contributed by atoms with E-state index in [1.165, 1.54) is 10.9 Å². The van der Waals surface area contributed by atoms with Gasteiger partial charge in [-0.25, -0.2) is 0 Å². The number of fused-ring (bicyclic) bond motifs is 1. The van der Waals surface area contributed by atoms with Crippen LogP contribution >= 0.6 is 0 Å². The fourth-order valence-corrected chi connectivity index (χ4v) is 3.81. The molecule has 2 aliphatic rings. The number of benzene rings is 1. The number of nitrogens with zero attached hydrogens (tertiary/aromatic N) is 2. The van der Waals surface area contributed by atoms with Crippen molar-refractivity contribution >= 4 is 22.7 Å². The van der Waals surface area contributed by atoms with Gasteiger partial charge in [-0.1, -0.05) is 18.2 Å². The molecule has 6 heteroatoms. The highest BCUT2D eigenvalue weighted by Crippen LogP contribution is 2.20. The molecule has 4 rings (SSSR count). The van der Waals surface area contributed by atoms with Crippen LogP contribution in [0.2, 0.25) is 0 Å². The molecule has 27 heavy (non-hydrogen) atoms. The minimum Gasteiger partial charge on any atom is -0.361 e. The van der Waals surface area contributed by atoms with Crippen LogP contribution in [0.25, 0.3) is 10.9 Å². The molecule has 1 aromatic heterocycles. The Labute approximate surface area is 159 Å². The molecule has 1 saturated heterocycles. The van der Waals surface area contributed by atoms with E-state index in [-0.39, 0.29) is 17.9 Å². The fraction of sp³-hybridized carbons (Fsp3) is 0.524. The first kappa shape index (κ1) is 18.0. The van der Waals surface area contributed by atoms with E-state index < -0.39 is 0 Å². The standard InChI is InChI=1S/C21H28N4O2/c1-15(21(27)23-17-7-8-17)24-10-12-25(13-11-24)20(26)9-6-16-14-22-19-5-3-2-4-18(16)19/h2-5,14-15,17,22H,6-13H2,1H3,(H,23,27). The van der Waals surface area contributed by atoms with Crippen LogP contribution in [0.5, 0.6) is 0 Å². The summed E-state index contributed by atoms with van der Waals surface area (Å²) in [6.45, 7) is 4.89. The third-order valence-electron chi connectivity index (χ3n) is 5.80. The number of aromatic amines is 1. The average Bonchev–Trinajstić information content (AvgIpc) is 3.42. The molecule has 2 N–H and O–H groups in total. The van der Waals surface area contributed by atoms with Crippen molar-refractivity contribution in [3.63, 3.8) is 0 Å². The van der Waals surface area contributed by atoms with E-state index >= 15 is 0 Å².